The minimum absolute atomic E-state index is 0.00230. The number of aliphatic hydroxyl groups excluding tert-OH is 3. The number of carbonyl (C=O) groups excluding carboxylic acids is 1. The van der Waals surface area contributed by atoms with Crippen LogP contribution in [-0.2, 0) is 14.3 Å². The van der Waals surface area contributed by atoms with E-state index in [4.69, 9.17) is 18.6 Å². The van der Waals surface area contributed by atoms with Crippen molar-refractivity contribution in [2.75, 3.05) is 13.7 Å². The molecule has 5 atom stereocenters. The normalized spacial score (nSPS) is 21.6. The smallest absolute Gasteiger partial charge is 0.330 e. The van der Waals surface area contributed by atoms with Crippen molar-refractivity contribution in [3.05, 3.63) is 76.0 Å². The van der Waals surface area contributed by atoms with E-state index in [-0.39, 0.29) is 28.4 Å². The van der Waals surface area contributed by atoms with Crippen molar-refractivity contribution in [3.63, 3.8) is 0 Å². The van der Waals surface area contributed by atoms with Crippen LogP contribution in [0, 0.1) is 0 Å². The molecular weight excluding hydrogens is 596 g/mol. The summed E-state index contributed by atoms with van der Waals surface area (Å²) in [6.45, 7) is -0.642. The number of benzene rings is 3. The molecule has 0 amide bonds. The number of hydrogen-bond donors (Lipinski definition) is 8. The molecule has 0 unspecified atom stereocenters. The molecule has 1 aromatic heterocycles. The van der Waals surface area contributed by atoms with E-state index in [1.807, 2.05) is 0 Å². The first-order chi connectivity index (χ1) is 21.4. The molecule has 4 aromatic rings. The third-order valence-corrected chi connectivity index (χ3v) is 7.23. The summed E-state index contributed by atoms with van der Waals surface area (Å²) in [6, 6.07) is 9.68. The molecule has 0 bridgehead atoms. The van der Waals surface area contributed by atoms with Crippen molar-refractivity contribution >= 4 is 23.0 Å². The van der Waals surface area contributed by atoms with Crippen molar-refractivity contribution in [3.8, 4) is 45.8 Å². The van der Waals surface area contributed by atoms with Gasteiger partial charge in [-0.05, 0) is 42.0 Å². The van der Waals surface area contributed by atoms with E-state index in [0.717, 1.165) is 30.3 Å². The summed E-state index contributed by atoms with van der Waals surface area (Å²) < 4.78 is 21.9. The van der Waals surface area contributed by atoms with E-state index in [1.54, 1.807) is 0 Å². The number of phenolic OH excluding ortho intramolecular Hbond substituents is 5. The summed E-state index contributed by atoms with van der Waals surface area (Å²) in [4.78, 5) is 26.3. The molecule has 14 heteroatoms. The van der Waals surface area contributed by atoms with Gasteiger partial charge in [0.2, 0.25) is 5.43 Å². The van der Waals surface area contributed by atoms with Crippen LogP contribution in [0.2, 0.25) is 0 Å². The molecule has 5 rings (SSSR count). The van der Waals surface area contributed by atoms with Crippen molar-refractivity contribution in [2.45, 2.75) is 30.5 Å². The molecule has 1 aliphatic rings. The van der Waals surface area contributed by atoms with Crippen LogP contribution in [0.15, 0.2) is 63.8 Å². The summed E-state index contributed by atoms with van der Waals surface area (Å²) in [7, 11) is 1.36. The Morgan fingerprint density at radius 3 is 2.31 bits per heavy atom. The number of esters is 1. The van der Waals surface area contributed by atoms with Gasteiger partial charge in [0.15, 0.2) is 23.0 Å². The summed E-state index contributed by atoms with van der Waals surface area (Å²) in [5.74, 6) is -3.34. The molecule has 8 N–H and O–H groups in total. The fraction of sp³-hybridized carbons (Fsp3) is 0.226. The second-order valence-corrected chi connectivity index (χ2v) is 10.2. The van der Waals surface area contributed by atoms with Crippen LogP contribution in [0.25, 0.3) is 28.4 Å². The third-order valence-electron chi connectivity index (χ3n) is 7.23. The quantitative estimate of drug-likeness (QED) is 0.0831. The Morgan fingerprint density at radius 2 is 1.60 bits per heavy atom. The first kappa shape index (κ1) is 31.2. The van der Waals surface area contributed by atoms with Crippen molar-refractivity contribution in [1.29, 1.82) is 0 Å². The zero-order chi connectivity index (χ0) is 32.6. The van der Waals surface area contributed by atoms with Gasteiger partial charge in [-0.15, -0.1) is 0 Å². The highest BCUT2D eigenvalue weighted by atomic mass is 16.6. The van der Waals surface area contributed by atoms with Crippen LogP contribution in [-0.4, -0.2) is 85.0 Å². The topological polar surface area (TPSA) is 237 Å². The van der Waals surface area contributed by atoms with E-state index in [1.165, 1.54) is 37.5 Å². The molecular formula is C31H28O14. The first-order valence-corrected chi connectivity index (χ1v) is 13.4. The lowest BCUT2D eigenvalue weighted by molar-refractivity contribution is -0.234. The predicted molar refractivity (Wildman–Crippen MR) is 155 cm³/mol. The Balaban J connectivity index is 1.49. The summed E-state index contributed by atoms with van der Waals surface area (Å²) in [5, 5.41) is 81.9. The standard InChI is InChI=1S/C31H28O14/c1-42-20-8-13(2-5-17(20)34)3-7-23(37)43-12-22-26(38)28(40)29(41)31(45-22)25-27(39)24-19(36)10-15(32)11-21(24)44-30(25)14-4-6-16(33)18(35)9-14/h2-11,22,26,28-29,31-36,38,40-41H,12H2,1H3/b7-3+/t22-,26-,28+,29-,31+/m1/s1. The Hall–Kier alpha value is -5.28. The number of phenols is 5. The van der Waals surface area contributed by atoms with Crippen LogP contribution in [0.1, 0.15) is 17.2 Å². The average molecular weight is 625 g/mol. The number of aromatic hydroxyl groups is 5. The Labute approximate surface area is 253 Å². The van der Waals surface area contributed by atoms with Crippen molar-refractivity contribution < 1.29 is 64.3 Å². The molecule has 0 radical (unpaired) electrons. The zero-order valence-corrected chi connectivity index (χ0v) is 23.4. The highest BCUT2D eigenvalue weighted by Crippen LogP contribution is 2.41. The highest BCUT2D eigenvalue weighted by Gasteiger charge is 2.47. The molecule has 3 aromatic carbocycles. The maximum absolute atomic E-state index is 13.8. The SMILES string of the molecule is COc1cc(/C=C/C(=O)OC[C@H]2O[C@@H](c3c(-c4ccc(O)c(O)c4)oc4cc(O)cc(O)c4c3=O)[C@H](O)[C@@H](O)[C@@H]2O)ccc1O. The van der Waals surface area contributed by atoms with E-state index in [2.05, 4.69) is 0 Å². The number of hydrogen-bond acceptors (Lipinski definition) is 14. The van der Waals surface area contributed by atoms with E-state index >= 15 is 0 Å². The van der Waals surface area contributed by atoms with Gasteiger partial charge in [-0.25, -0.2) is 4.79 Å². The lowest BCUT2D eigenvalue weighted by atomic mass is 9.89. The number of fused-ring (bicyclic) bond motifs is 1. The lowest BCUT2D eigenvalue weighted by Gasteiger charge is -2.40. The fourth-order valence-electron chi connectivity index (χ4n) is 4.94. The van der Waals surface area contributed by atoms with Gasteiger partial charge in [-0.1, -0.05) is 6.07 Å². The Kier molecular flexibility index (Phi) is 8.57. The van der Waals surface area contributed by atoms with Crippen molar-refractivity contribution in [2.24, 2.45) is 0 Å². The summed E-state index contributed by atoms with van der Waals surface area (Å²) >= 11 is 0. The summed E-state index contributed by atoms with van der Waals surface area (Å²) in [6.07, 6.45) is -6.45. The van der Waals surface area contributed by atoms with Crippen LogP contribution in [0.4, 0.5) is 0 Å². The molecule has 2 heterocycles. The molecule has 1 aliphatic heterocycles. The monoisotopic (exact) mass is 624 g/mol. The van der Waals surface area contributed by atoms with E-state index in [0.29, 0.717) is 5.56 Å². The number of carbonyl (C=O) groups is 1. The lowest BCUT2D eigenvalue weighted by Crippen LogP contribution is -2.56. The van der Waals surface area contributed by atoms with Gasteiger partial charge in [0, 0.05) is 23.8 Å². The number of methoxy groups -OCH3 is 1. The zero-order valence-electron chi connectivity index (χ0n) is 23.4. The van der Waals surface area contributed by atoms with Crippen molar-refractivity contribution in [1.82, 2.24) is 0 Å². The number of rotatable bonds is 7. The largest absolute Gasteiger partial charge is 0.508 e. The second-order valence-electron chi connectivity index (χ2n) is 10.2. The molecule has 1 saturated heterocycles. The molecule has 0 spiro atoms. The van der Waals surface area contributed by atoms with Gasteiger partial charge >= 0.3 is 5.97 Å². The third kappa shape index (κ3) is 6.07. The Bertz CT molecular complexity index is 1840. The number of aliphatic hydroxyl groups is 3. The van der Waals surface area contributed by atoms with Gasteiger partial charge in [0.05, 0.1) is 12.7 Å². The van der Waals surface area contributed by atoms with E-state index in [9.17, 15) is 50.4 Å². The van der Waals surface area contributed by atoms with Gasteiger partial charge in [0.1, 0.15) is 65.4 Å². The second kappa shape index (κ2) is 12.4. The van der Waals surface area contributed by atoms with Gasteiger partial charge in [0.25, 0.3) is 0 Å². The molecule has 236 valence electrons. The van der Waals surface area contributed by atoms with Crippen LogP contribution in [0.3, 0.4) is 0 Å². The first-order valence-electron chi connectivity index (χ1n) is 13.4. The maximum Gasteiger partial charge on any atom is 0.330 e. The fourth-order valence-corrected chi connectivity index (χ4v) is 4.94. The van der Waals surface area contributed by atoms with Crippen LogP contribution < -0.4 is 10.2 Å². The Morgan fingerprint density at radius 1 is 0.867 bits per heavy atom. The van der Waals surface area contributed by atoms with Crippen LogP contribution >= 0.6 is 0 Å². The molecule has 0 saturated carbocycles. The average Bonchev–Trinajstić information content (AvgIpc) is 3.00. The van der Waals surface area contributed by atoms with Gasteiger partial charge in [-0.2, -0.15) is 0 Å². The summed E-state index contributed by atoms with van der Waals surface area (Å²) in [5.41, 5.74) is -1.20. The highest BCUT2D eigenvalue weighted by molar-refractivity contribution is 5.88. The van der Waals surface area contributed by atoms with E-state index < -0.39 is 82.5 Å². The minimum Gasteiger partial charge on any atom is -0.508 e. The maximum atomic E-state index is 13.8. The number of ether oxygens (including phenoxy) is 3. The predicted octanol–water partition coefficient (Wildman–Crippen LogP) is 1.78. The molecule has 14 nitrogen and oxygen atoms in total. The van der Waals surface area contributed by atoms with Crippen LogP contribution in [0.5, 0.6) is 34.5 Å². The molecule has 0 aliphatic carbocycles. The molecule has 1 fully saturated rings. The molecule has 45 heavy (non-hydrogen) atoms. The minimum atomic E-state index is -1.94. The van der Waals surface area contributed by atoms with Gasteiger partial charge in [-0.3, -0.25) is 4.79 Å². The van der Waals surface area contributed by atoms with Gasteiger partial charge < -0.3 is 59.5 Å².